The number of nitrogens with two attached hydrogens (primary N) is 1. The first-order valence-corrected chi connectivity index (χ1v) is 11.3. The third-order valence-corrected chi connectivity index (χ3v) is 8.00. The highest BCUT2D eigenvalue weighted by Gasteiger charge is 2.45. The smallest absolute Gasteiger partial charge is 0.250 e. The van der Waals surface area contributed by atoms with Crippen LogP contribution in [0.2, 0.25) is 0 Å². The average Bonchev–Trinajstić information content (AvgIpc) is 3.05. The Morgan fingerprint density at radius 2 is 2.00 bits per heavy atom. The van der Waals surface area contributed by atoms with Gasteiger partial charge in [-0.2, -0.15) is 4.55 Å². The highest BCUT2D eigenvalue weighted by Crippen LogP contribution is 2.45. The Balaban J connectivity index is 1.76. The summed E-state index contributed by atoms with van der Waals surface area (Å²) < 4.78 is 24.1. The van der Waals surface area contributed by atoms with Gasteiger partial charge in [0, 0.05) is 34.5 Å². The summed E-state index contributed by atoms with van der Waals surface area (Å²) in [6.45, 7) is 0. The van der Waals surface area contributed by atoms with Crippen molar-refractivity contribution in [2.45, 2.75) is 24.0 Å². The minimum atomic E-state index is -2.93. The van der Waals surface area contributed by atoms with Gasteiger partial charge in [0.15, 0.2) is 5.25 Å². The number of rotatable bonds is 3. The van der Waals surface area contributed by atoms with E-state index in [4.69, 9.17) is 5.73 Å². The monoisotopic (exact) mass is 447 g/mol. The van der Waals surface area contributed by atoms with Crippen LogP contribution in [0.1, 0.15) is 45.5 Å². The van der Waals surface area contributed by atoms with E-state index in [2.05, 4.69) is 20.9 Å². The molecular weight excluding hydrogens is 428 g/mol. The molecule has 0 bridgehead atoms. The van der Waals surface area contributed by atoms with Crippen LogP contribution in [-0.2, 0) is 14.4 Å². The number of aromatic amines is 1. The molecule has 3 unspecified atom stereocenters. The molecule has 0 aliphatic carbocycles. The van der Waals surface area contributed by atoms with Crippen molar-refractivity contribution in [3.05, 3.63) is 69.8 Å². The number of fused-ring (bicyclic) bond motifs is 1. The highest BCUT2D eigenvalue weighted by atomic mass is 79.9. The van der Waals surface area contributed by atoms with Crippen LogP contribution in [0, 0.1) is 0 Å². The van der Waals surface area contributed by atoms with Crippen LogP contribution in [0.15, 0.2) is 53.1 Å². The maximum absolute atomic E-state index is 12.8. The van der Waals surface area contributed by atoms with Crippen molar-refractivity contribution in [1.82, 2.24) is 4.98 Å². The van der Waals surface area contributed by atoms with E-state index in [1.165, 1.54) is 0 Å². The summed E-state index contributed by atoms with van der Waals surface area (Å²) in [5.41, 5.74) is 8.63. The molecule has 2 heterocycles. The van der Waals surface area contributed by atoms with Gasteiger partial charge >= 0.3 is 0 Å². The molecule has 4 rings (SSSR count). The normalized spacial score (nSPS) is 25.6. The van der Waals surface area contributed by atoms with E-state index in [0.717, 1.165) is 21.0 Å². The maximum Gasteiger partial charge on any atom is 0.250 e. The van der Waals surface area contributed by atoms with E-state index in [9.17, 15) is 13.6 Å². The zero-order valence-corrected chi connectivity index (χ0v) is 16.9. The Bertz CT molecular complexity index is 1060. The van der Waals surface area contributed by atoms with Crippen molar-refractivity contribution in [3.63, 3.8) is 0 Å². The second-order valence-corrected chi connectivity index (χ2v) is 10.3. The second kappa shape index (κ2) is 6.89. The van der Waals surface area contributed by atoms with Crippen molar-refractivity contribution in [2.75, 3.05) is 5.75 Å². The Morgan fingerprint density at radius 1 is 1.26 bits per heavy atom. The number of aromatic nitrogens is 1. The zero-order valence-electron chi connectivity index (χ0n) is 14.5. The molecule has 7 heteroatoms. The highest BCUT2D eigenvalue weighted by molar-refractivity contribution is 9.10. The summed E-state index contributed by atoms with van der Waals surface area (Å²) >= 11 is 3.45. The van der Waals surface area contributed by atoms with Crippen molar-refractivity contribution in [1.29, 1.82) is 0 Å². The molecule has 1 amide bonds. The zero-order chi connectivity index (χ0) is 19.2. The van der Waals surface area contributed by atoms with Gasteiger partial charge in [-0.05, 0) is 23.6 Å². The minimum Gasteiger partial charge on any atom is -0.366 e. The van der Waals surface area contributed by atoms with Gasteiger partial charge in [-0.25, -0.2) is 0 Å². The molecule has 27 heavy (non-hydrogen) atoms. The Morgan fingerprint density at radius 3 is 2.70 bits per heavy atom. The minimum absolute atomic E-state index is 0.126. The first-order chi connectivity index (χ1) is 12.9. The number of benzene rings is 2. The summed E-state index contributed by atoms with van der Waals surface area (Å²) in [5.74, 6) is -0.0970. The lowest BCUT2D eigenvalue weighted by Gasteiger charge is -2.28. The predicted octanol–water partition coefficient (Wildman–Crippen LogP) is 4.62. The van der Waals surface area contributed by atoms with Gasteiger partial charge in [-0.1, -0.05) is 50.5 Å². The molecule has 1 aliphatic heterocycles. The van der Waals surface area contributed by atoms with Crippen molar-refractivity contribution in [2.24, 2.45) is 5.73 Å². The van der Waals surface area contributed by atoms with E-state index >= 15 is 0 Å². The SMILES string of the molecule is NC(=O)c1cc(Br)cc2c(C3CC[S+](=O)(O)C(c4ccccc4)C3)c[nH]c12. The fourth-order valence-corrected chi connectivity index (χ4v) is 6.51. The van der Waals surface area contributed by atoms with Crippen LogP contribution < -0.4 is 5.73 Å². The van der Waals surface area contributed by atoms with Gasteiger partial charge in [0.25, 0.3) is 5.91 Å². The largest absolute Gasteiger partial charge is 0.366 e. The number of amides is 1. The summed E-state index contributed by atoms with van der Waals surface area (Å²) in [6, 6.07) is 13.2. The van der Waals surface area contributed by atoms with E-state index < -0.39 is 21.4 Å². The lowest BCUT2D eigenvalue weighted by molar-refractivity contribution is 0.100. The topological polar surface area (TPSA) is 96.2 Å². The van der Waals surface area contributed by atoms with E-state index in [1.54, 1.807) is 6.07 Å². The summed E-state index contributed by atoms with van der Waals surface area (Å²) in [4.78, 5) is 15.0. The van der Waals surface area contributed by atoms with Crippen LogP contribution in [0.5, 0.6) is 0 Å². The first kappa shape index (κ1) is 18.4. The number of carbonyl (C=O) groups excluding carboxylic acids is 1. The number of hydrogen-bond acceptors (Lipinski definition) is 2. The van der Waals surface area contributed by atoms with Gasteiger partial charge in [0.1, 0.15) is 5.75 Å². The van der Waals surface area contributed by atoms with Crippen LogP contribution in [0.3, 0.4) is 0 Å². The Hall–Kier alpha value is -1.96. The molecule has 3 atom stereocenters. The first-order valence-electron chi connectivity index (χ1n) is 8.75. The number of H-pyrrole nitrogens is 1. The molecule has 1 fully saturated rings. The lowest BCUT2D eigenvalue weighted by Crippen LogP contribution is -2.31. The second-order valence-electron chi connectivity index (χ2n) is 7.00. The molecule has 5 nitrogen and oxygen atoms in total. The van der Waals surface area contributed by atoms with E-state index in [1.807, 2.05) is 42.6 Å². The van der Waals surface area contributed by atoms with E-state index in [0.29, 0.717) is 23.9 Å². The van der Waals surface area contributed by atoms with Crippen LogP contribution in [0.4, 0.5) is 0 Å². The lowest BCUT2D eigenvalue weighted by atomic mass is 9.89. The van der Waals surface area contributed by atoms with Gasteiger partial charge < -0.3 is 10.7 Å². The van der Waals surface area contributed by atoms with E-state index in [-0.39, 0.29) is 11.7 Å². The number of hydrogen-bond donors (Lipinski definition) is 3. The molecule has 3 aromatic rings. The van der Waals surface area contributed by atoms with Crippen molar-refractivity contribution >= 4 is 43.0 Å². The van der Waals surface area contributed by atoms with Gasteiger partial charge in [-0.3, -0.25) is 4.79 Å². The Kier molecular flexibility index (Phi) is 4.70. The molecule has 1 saturated heterocycles. The molecule has 0 radical (unpaired) electrons. The Labute approximate surface area is 166 Å². The molecule has 4 N–H and O–H groups in total. The molecule has 1 aromatic heterocycles. The fourth-order valence-electron chi connectivity index (χ4n) is 4.03. The van der Waals surface area contributed by atoms with Crippen molar-refractivity contribution in [3.8, 4) is 0 Å². The molecule has 140 valence electrons. The summed E-state index contributed by atoms with van der Waals surface area (Å²) in [6.07, 6.45) is 3.12. The third-order valence-electron chi connectivity index (χ3n) is 5.36. The standard InChI is InChI=1S/C20H19BrN2O3S/c21-14-9-15-17(11-23-19(15)16(10-14)20(22)24)13-6-7-27(25,26)18(8-13)12-4-2-1-3-5-12/h1-5,9-11,13,18H,6-8H2,(H3-,22,23,24,25,26)/p+1. The maximum atomic E-state index is 12.8. The molecular formula is C20H20BrN2O3S+. The predicted molar refractivity (Wildman–Crippen MR) is 111 cm³/mol. The van der Waals surface area contributed by atoms with Gasteiger partial charge in [-0.15, -0.1) is 0 Å². The van der Waals surface area contributed by atoms with Crippen molar-refractivity contribution < 1.29 is 13.6 Å². The third kappa shape index (κ3) is 3.35. The van der Waals surface area contributed by atoms with Crippen LogP contribution in [0.25, 0.3) is 10.9 Å². The number of nitrogens with one attached hydrogen (secondary N) is 1. The molecule has 2 aromatic carbocycles. The number of halogens is 1. The molecule has 0 saturated carbocycles. The average molecular weight is 448 g/mol. The number of primary amides is 1. The molecule has 0 spiro atoms. The van der Waals surface area contributed by atoms with Crippen LogP contribution >= 0.6 is 15.9 Å². The van der Waals surface area contributed by atoms with Gasteiger partial charge in [0.05, 0.1) is 11.1 Å². The fraction of sp³-hybridized carbons (Fsp3) is 0.250. The summed E-state index contributed by atoms with van der Waals surface area (Å²) in [7, 11) is -2.93. The quantitative estimate of drug-likeness (QED) is 0.510. The van der Waals surface area contributed by atoms with Crippen LogP contribution in [-0.4, -0.2) is 21.2 Å². The summed E-state index contributed by atoms with van der Waals surface area (Å²) in [5, 5.41) is 0.534. The molecule has 1 aliphatic rings. The van der Waals surface area contributed by atoms with Gasteiger partial charge in [0.2, 0.25) is 10.2 Å². The number of carbonyl (C=O) groups is 1.